The molecule has 0 rings (SSSR count). The SMILES string of the molecule is C=C(C=O)CNC(C)(C)CC(C)=O. The average Bonchev–Trinajstić information content (AvgIpc) is 1.98. The van der Waals surface area contributed by atoms with E-state index in [0.29, 0.717) is 18.5 Å². The van der Waals surface area contributed by atoms with Crippen LogP contribution in [0.2, 0.25) is 0 Å². The van der Waals surface area contributed by atoms with Crippen LogP contribution in [0.4, 0.5) is 0 Å². The summed E-state index contributed by atoms with van der Waals surface area (Å²) in [6, 6.07) is 0. The summed E-state index contributed by atoms with van der Waals surface area (Å²) < 4.78 is 0. The second kappa shape index (κ2) is 4.92. The maximum atomic E-state index is 10.8. The summed E-state index contributed by atoms with van der Waals surface area (Å²) in [5.74, 6) is 0.134. The molecule has 0 heterocycles. The summed E-state index contributed by atoms with van der Waals surface area (Å²) >= 11 is 0. The lowest BCUT2D eigenvalue weighted by molar-refractivity contribution is -0.118. The number of nitrogens with one attached hydrogen (secondary N) is 1. The zero-order chi connectivity index (χ0) is 10.5. The minimum atomic E-state index is -0.266. The summed E-state index contributed by atoms with van der Waals surface area (Å²) in [5, 5.41) is 3.09. The van der Waals surface area contributed by atoms with Crippen LogP contribution in [0.1, 0.15) is 27.2 Å². The summed E-state index contributed by atoms with van der Waals surface area (Å²) in [5.41, 5.74) is 0.231. The van der Waals surface area contributed by atoms with Crippen molar-refractivity contribution in [2.75, 3.05) is 6.54 Å². The van der Waals surface area contributed by atoms with Crippen LogP contribution in [-0.2, 0) is 9.59 Å². The van der Waals surface area contributed by atoms with Crippen LogP contribution in [0.5, 0.6) is 0 Å². The normalized spacial score (nSPS) is 11.0. The molecule has 74 valence electrons. The molecule has 0 aliphatic rings. The Kier molecular flexibility index (Phi) is 4.56. The molecule has 0 amide bonds. The molecule has 0 aromatic rings. The van der Waals surface area contributed by atoms with Crippen LogP contribution in [-0.4, -0.2) is 24.2 Å². The van der Waals surface area contributed by atoms with Gasteiger partial charge in [0.1, 0.15) is 12.1 Å². The highest BCUT2D eigenvalue weighted by atomic mass is 16.1. The molecule has 0 atom stereocenters. The highest BCUT2D eigenvalue weighted by Gasteiger charge is 2.18. The van der Waals surface area contributed by atoms with Gasteiger partial charge in [-0.25, -0.2) is 0 Å². The molecule has 0 aliphatic carbocycles. The van der Waals surface area contributed by atoms with Crippen molar-refractivity contribution in [1.29, 1.82) is 0 Å². The molecule has 0 saturated carbocycles. The predicted octanol–water partition coefficient (Wildman–Crippen LogP) is 1.09. The van der Waals surface area contributed by atoms with Gasteiger partial charge in [-0.1, -0.05) is 6.58 Å². The molecule has 1 N–H and O–H groups in total. The third-order valence-electron chi connectivity index (χ3n) is 1.65. The third kappa shape index (κ3) is 6.22. The van der Waals surface area contributed by atoms with Crippen molar-refractivity contribution in [3.63, 3.8) is 0 Å². The fourth-order valence-electron chi connectivity index (χ4n) is 1.08. The van der Waals surface area contributed by atoms with Gasteiger partial charge in [0.2, 0.25) is 0 Å². The molecule has 0 radical (unpaired) electrons. The molecule has 3 heteroatoms. The number of ketones is 1. The zero-order valence-electron chi connectivity index (χ0n) is 8.52. The number of aldehydes is 1. The molecule has 0 aromatic heterocycles. The Morgan fingerprint density at radius 2 is 2.08 bits per heavy atom. The van der Waals surface area contributed by atoms with Gasteiger partial charge in [0.05, 0.1) is 0 Å². The lowest BCUT2D eigenvalue weighted by Gasteiger charge is -2.24. The Labute approximate surface area is 79.2 Å². The second-order valence-corrected chi connectivity index (χ2v) is 3.89. The van der Waals surface area contributed by atoms with E-state index in [-0.39, 0.29) is 11.3 Å². The molecular weight excluding hydrogens is 166 g/mol. The molecule has 0 saturated heterocycles. The van der Waals surface area contributed by atoms with Crippen molar-refractivity contribution < 1.29 is 9.59 Å². The van der Waals surface area contributed by atoms with Crippen molar-refractivity contribution in [2.24, 2.45) is 0 Å². The lowest BCUT2D eigenvalue weighted by Crippen LogP contribution is -2.41. The van der Waals surface area contributed by atoms with Crippen LogP contribution >= 0.6 is 0 Å². The van der Waals surface area contributed by atoms with Crippen molar-refractivity contribution >= 4 is 12.1 Å². The van der Waals surface area contributed by atoms with Gasteiger partial charge in [-0.15, -0.1) is 0 Å². The van der Waals surface area contributed by atoms with E-state index in [1.807, 2.05) is 13.8 Å². The lowest BCUT2D eigenvalue weighted by atomic mass is 9.98. The molecule has 0 bridgehead atoms. The quantitative estimate of drug-likeness (QED) is 0.495. The van der Waals surface area contributed by atoms with Crippen molar-refractivity contribution in [1.82, 2.24) is 5.32 Å². The van der Waals surface area contributed by atoms with Gasteiger partial charge in [0.15, 0.2) is 0 Å². The minimum Gasteiger partial charge on any atom is -0.307 e. The number of Topliss-reactive ketones (excluding diaryl/α,β-unsaturated/α-hetero) is 1. The second-order valence-electron chi connectivity index (χ2n) is 3.89. The summed E-state index contributed by atoms with van der Waals surface area (Å²) in [7, 11) is 0. The molecule has 0 aromatic carbocycles. The van der Waals surface area contributed by atoms with Crippen LogP contribution < -0.4 is 5.32 Å². The molecule has 13 heavy (non-hydrogen) atoms. The molecule has 3 nitrogen and oxygen atoms in total. The van der Waals surface area contributed by atoms with E-state index in [1.54, 1.807) is 6.92 Å². The Balaban J connectivity index is 3.95. The molecule has 0 spiro atoms. The van der Waals surface area contributed by atoms with E-state index in [1.165, 1.54) is 0 Å². The molecular formula is C10H17NO2. The van der Waals surface area contributed by atoms with E-state index in [2.05, 4.69) is 11.9 Å². The maximum absolute atomic E-state index is 10.8. The van der Waals surface area contributed by atoms with E-state index >= 15 is 0 Å². The van der Waals surface area contributed by atoms with Gasteiger partial charge in [-0.05, 0) is 26.3 Å². The first kappa shape index (κ1) is 12.0. The van der Waals surface area contributed by atoms with Crippen LogP contribution in [0.25, 0.3) is 0 Å². The highest BCUT2D eigenvalue weighted by molar-refractivity contribution is 5.76. The van der Waals surface area contributed by atoms with E-state index < -0.39 is 0 Å². The van der Waals surface area contributed by atoms with E-state index in [9.17, 15) is 9.59 Å². The van der Waals surface area contributed by atoms with Gasteiger partial charge >= 0.3 is 0 Å². The van der Waals surface area contributed by atoms with Gasteiger partial charge in [-0.3, -0.25) is 9.59 Å². The number of hydrogen-bond donors (Lipinski definition) is 1. The Bertz CT molecular complexity index is 219. The van der Waals surface area contributed by atoms with Crippen molar-refractivity contribution in [3.8, 4) is 0 Å². The van der Waals surface area contributed by atoms with Gasteiger partial charge < -0.3 is 5.32 Å². The predicted molar refractivity (Wildman–Crippen MR) is 52.6 cm³/mol. The fourth-order valence-corrected chi connectivity index (χ4v) is 1.08. The van der Waals surface area contributed by atoms with E-state index in [0.717, 1.165) is 6.29 Å². The standard InChI is InChI=1S/C10H17NO2/c1-8(7-12)6-11-10(3,4)5-9(2)13/h7,11H,1,5-6H2,2-4H3. The monoisotopic (exact) mass is 183 g/mol. The first-order chi connectivity index (χ1) is 5.87. The Morgan fingerprint density at radius 3 is 2.46 bits per heavy atom. The van der Waals surface area contributed by atoms with Gasteiger partial charge in [0, 0.05) is 18.5 Å². The van der Waals surface area contributed by atoms with E-state index in [4.69, 9.17) is 0 Å². The van der Waals surface area contributed by atoms with Crippen molar-refractivity contribution in [3.05, 3.63) is 12.2 Å². The number of carbonyl (C=O) groups excluding carboxylic acids is 2. The Morgan fingerprint density at radius 1 is 1.54 bits per heavy atom. The number of carbonyl (C=O) groups is 2. The highest BCUT2D eigenvalue weighted by Crippen LogP contribution is 2.08. The van der Waals surface area contributed by atoms with Crippen LogP contribution in [0.3, 0.4) is 0 Å². The van der Waals surface area contributed by atoms with Gasteiger partial charge in [-0.2, -0.15) is 0 Å². The zero-order valence-corrected chi connectivity index (χ0v) is 8.52. The average molecular weight is 183 g/mol. The Hall–Kier alpha value is -0.960. The smallest absolute Gasteiger partial charge is 0.146 e. The van der Waals surface area contributed by atoms with Crippen LogP contribution in [0, 0.1) is 0 Å². The number of rotatable bonds is 6. The largest absolute Gasteiger partial charge is 0.307 e. The summed E-state index contributed by atoms with van der Waals surface area (Å²) in [6.45, 7) is 9.37. The summed E-state index contributed by atoms with van der Waals surface area (Å²) in [4.78, 5) is 21.1. The maximum Gasteiger partial charge on any atom is 0.146 e. The first-order valence-electron chi connectivity index (χ1n) is 4.25. The third-order valence-corrected chi connectivity index (χ3v) is 1.65. The number of hydrogen-bond acceptors (Lipinski definition) is 3. The first-order valence-corrected chi connectivity index (χ1v) is 4.25. The van der Waals surface area contributed by atoms with Gasteiger partial charge in [0.25, 0.3) is 0 Å². The molecule has 0 unspecified atom stereocenters. The minimum absolute atomic E-state index is 0.134. The summed E-state index contributed by atoms with van der Waals surface area (Å²) in [6.07, 6.45) is 1.18. The molecule has 0 fully saturated rings. The fraction of sp³-hybridized carbons (Fsp3) is 0.600. The van der Waals surface area contributed by atoms with Crippen LogP contribution in [0.15, 0.2) is 12.2 Å². The topological polar surface area (TPSA) is 46.2 Å². The molecule has 0 aliphatic heterocycles. The van der Waals surface area contributed by atoms with Crippen molar-refractivity contribution in [2.45, 2.75) is 32.7 Å².